The molecule has 0 aliphatic carbocycles. The lowest BCUT2D eigenvalue weighted by Crippen LogP contribution is -2.04. The molecule has 0 radical (unpaired) electrons. The monoisotopic (exact) mass is 771 g/mol. The first-order valence-corrected chi connectivity index (χ1v) is 20.8. The van der Waals surface area contributed by atoms with Gasteiger partial charge in [0.1, 0.15) is 0 Å². The molecule has 3 nitrogen and oxygen atoms in total. The molecular formula is C57H45N3. The van der Waals surface area contributed by atoms with Crippen molar-refractivity contribution in [1.82, 2.24) is 15.0 Å². The summed E-state index contributed by atoms with van der Waals surface area (Å²) in [5, 5.41) is 7.14. The Labute approximate surface area is 352 Å². The van der Waals surface area contributed by atoms with Crippen LogP contribution < -0.4 is 0 Å². The highest BCUT2D eigenvalue weighted by atomic mass is 15.0. The number of hydrogen-bond acceptors (Lipinski definition) is 3. The molecule has 0 saturated carbocycles. The van der Waals surface area contributed by atoms with E-state index >= 15 is 0 Å². The van der Waals surface area contributed by atoms with Crippen molar-refractivity contribution in [3.05, 3.63) is 197 Å². The predicted octanol–water partition coefficient (Wildman–Crippen LogP) is 15.2. The van der Waals surface area contributed by atoms with Gasteiger partial charge in [0.2, 0.25) is 0 Å². The molecule has 1 aromatic heterocycles. The van der Waals surface area contributed by atoms with Crippen LogP contribution in [0.2, 0.25) is 0 Å². The summed E-state index contributed by atoms with van der Waals surface area (Å²) in [4.78, 5) is 15.9. The Morgan fingerprint density at radius 1 is 0.267 bits per heavy atom. The normalized spacial score (nSPS) is 11.5. The second kappa shape index (κ2) is 14.9. The van der Waals surface area contributed by atoms with Crippen LogP contribution in [0.25, 0.3) is 99.9 Å². The minimum absolute atomic E-state index is 0.667. The highest BCUT2D eigenvalue weighted by molar-refractivity contribution is 6.24. The Kier molecular flexibility index (Phi) is 9.18. The number of rotatable bonds is 6. The van der Waals surface area contributed by atoms with Gasteiger partial charge >= 0.3 is 0 Å². The quantitative estimate of drug-likeness (QED) is 0.158. The summed E-state index contributed by atoms with van der Waals surface area (Å²) in [6.45, 7) is 12.9. The van der Waals surface area contributed by atoms with E-state index in [1.54, 1.807) is 0 Å². The molecule has 1 heterocycles. The van der Waals surface area contributed by atoms with Gasteiger partial charge in [0.15, 0.2) is 17.5 Å². The number of nitrogens with zero attached hydrogens (tertiary/aromatic N) is 3. The van der Waals surface area contributed by atoms with Gasteiger partial charge in [-0.15, -0.1) is 0 Å². The molecule has 0 spiro atoms. The minimum Gasteiger partial charge on any atom is -0.208 e. The molecule has 3 heteroatoms. The van der Waals surface area contributed by atoms with Crippen molar-refractivity contribution >= 4 is 32.3 Å². The number of aromatic nitrogens is 3. The van der Waals surface area contributed by atoms with Crippen molar-refractivity contribution in [1.29, 1.82) is 0 Å². The van der Waals surface area contributed by atoms with E-state index in [0.29, 0.717) is 17.5 Å². The molecule has 0 unspecified atom stereocenters. The lowest BCUT2D eigenvalue weighted by Gasteiger charge is -2.20. The summed E-state index contributed by atoms with van der Waals surface area (Å²) in [5.74, 6) is 2.06. The number of hydrogen-bond donors (Lipinski definition) is 0. The molecule has 0 bridgehead atoms. The van der Waals surface area contributed by atoms with Crippen molar-refractivity contribution < 1.29 is 0 Å². The van der Waals surface area contributed by atoms with Crippen molar-refractivity contribution in [2.75, 3.05) is 0 Å². The van der Waals surface area contributed by atoms with Gasteiger partial charge in [-0.25, -0.2) is 15.0 Å². The second-order valence-corrected chi connectivity index (χ2v) is 16.3. The summed E-state index contributed by atoms with van der Waals surface area (Å²) in [6.07, 6.45) is 0. The zero-order valence-electron chi connectivity index (χ0n) is 34.9. The lowest BCUT2D eigenvalue weighted by atomic mass is 9.84. The summed E-state index contributed by atoms with van der Waals surface area (Å²) in [5.41, 5.74) is 17.4. The van der Waals surface area contributed by atoms with Gasteiger partial charge in [0.25, 0.3) is 0 Å². The molecule has 288 valence electrons. The van der Waals surface area contributed by atoms with Crippen molar-refractivity contribution in [3.63, 3.8) is 0 Å². The Morgan fingerprint density at radius 2 is 0.617 bits per heavy atom. The maximum atomic E-state index is 5.33. The van der Waals surface area contributed by atoms with E-state index in [1.165, 1.54) is 66.1 Å². The van der Waals surface area contributed by atoms with Crippen LogP contribution in [0, 0.1) is 41.5 Å². The third kappa shape index (κ3) is 6.35. The third-order valence-corrected chi connectivity index (χ3v) is 12.1. The molecule has 9 aromatic carbocycles. The number of benzene rings is 9. The van der Waals surface area contributed by atoms with Gasteiger partial charge in [0, 0.05) is 16.7 Å². The maximum Gasteiger partial charge on any atom is 0.164 e. The molecule has 0 atom stereocenters. The van der Waals surface area contributed by atoms with Crippen LogP contribution in [0.4, 0.5) is 0 Å². The molecule has 0 aliphatic heterocycles. The van der Waals surface area contributed by atoms with Crippen LogP contribution >= 0.6 is 0 Å². The van der Waals surface area contributed by atoms with Gasteiger partial charge in [-0.3, -0.25) is 0 Å². The molecule has 10 aromatic rings. The van der Waals surface area contributed by atoms with E-state index < -0.39 is 0 Å². The maximum absolute atomic E-state index is 5.33. The largest absolute Gasteiger partial charge is 0.208 e. The SMILES string of the molecule is Cc1cc(C)c(-c2nc(-c3c(C)cc(C)cc3C)nc(-c3ccc(-c4c5ccccc5c(-c5ccc(-c6ccccc6)cc5)c5ccccc45)c4ccccc34)n2)c(C)c1. The topological polar surface area (TPSA) is 38.7 Å². The predicted molar refractivity (Wildman–Crippen MR) is 253 cm³/mol. The Hall–Kier alpha value is -7.23. The zero-order chi connectivity index (χ0) is 41.1. The van der Waals surface area contributed by atoms with Crippen LogP contribution in [0.15, 0.2) is 164 Å². The van der Waals surface area contributed by atoms with E-state index in [4.69, 9.17) is 15.0 Å². The molecule has 0 saturated heterocycles. The summed E-state index contributed by atoms with van der Waals surface area (Å²) >= 11 is 0. The Balaban J connectivity index is 1.20. The van der Waals surface area contributed by atoms with Crippen LogP contribution in [-0.2, 0) is 0 Å². The van der Waals surface area contributed by atoms with Crippen LogP contribution in [0.1, 0.15) is 33.4 Å². The molecular weight excluding hydrogens is 727 g/mol. The van der Waals surface area contributed by atoms with E-state index in [1.807, 2.05) is 0 Å². The first-order valence-electron chi connectivity index (χ1n) is 20.8. The van der Waals surface area contributed by atoms with E-state index in [0.717, 1.165) is 49.7 Å². The molecule has 0 amide bonds. The van der Waals surface area contributed by atoms with Gasteiger partial charge in [-0.1, -0.05) is 169 Å². The summed E-state index contributed by atoms with van der Waals surface area (Å²) in [7, 11) is 0. The van der Waals surface area contributed by atoms with Crippen molar-refractivity contribution in [2.24, 2.45) is 0 Å². The molecule has 0 fully saturated rings. The first kappa shape index (κ1) is 37.1. The molecule has 10 rings (SSSR count). The van der Waals surface area contributed by atoms with Crippen LogP contribution in [-0.4, -0.2) is 15.0 Å². The highest BCUT2D eigenvalue weighted by Crippen LogP contribution is 2.46. The Morgan fingerprint density at radius 3 is 1.10 bits per heavy atom. The van der Waals surface area contributed by atoms with Crippen LogP contribution in [0.5, 0.6) is 0 Å². The van der Waals surface area contributed by atoms with Gasteiger partial charge < -0.3 is 0 Å². The number of aryl methyl sites for hydroxylation is 6. The average molecular weight is 772 g/mol. The van der Waals surface area contributed by atoms with E-state index in [-0.39, 0.29) is 0 Å². The van der Waals surface area contributed by atoms with Gasteiger partial charge in [-0.2, -0.15) is 0 Å². The smallest absolute Gasteiger partial charge is 0.164 e. The van der Waals surface area contributed by atoms with Gasteiger partial charge in [0.05, 0.1) is 0 Å². The van der Waals surface area contributed by atoms with Crippen molar-refractivity contribution in [3.8, 4) is 67.5 Å². The fourth-order valence-electron chi connectivity index (χ4n) is 9.69. The van der Waals surface area contributed by atoms with E-state index in [9.17, 15) is 0 Å². The lowest BCUT2D eigenvalue weighted by molar-refractivity contribution is 1.06. The summed E-state index contributed by atoms with van der Waals surface area (Å²) < 4.78 is 0. The van der Waals surface area contributed by atoms with E-state index in [2.05, 4.69) is 205 Å². The first-order chi connectivity index (χ1) is 29.2. The second-order valence-electron chi connectivity index (χ2n) is 16.3. The minimum atomic E-state index is 0.667. The zero-order valence-corrected chi connectivity index (χ0v) is 34.9. The van der Waals surface area contributed by atoms with Crippen LogP contribution in [0.3, 0.4) is 0 Å². The van der Waals surface area contributed by atoms with Crippen molar-refractivity contribution in [2.45, 2.75) is 41.5 Å². The van der Waals surface area contributed by atoms with Gasteiger partial charge in [-0.05, 0) is 136 Å². The number of fused-ring (bicyclic) bond motifs is 3. The fourth-order valence-corrected chi connectivity index (χ4v) is 9.69. The third-order valence-electron chi connectivity index (χ3n) is 12.1. The molecule has 0 N–H and O–H groups in total. The Bertz CT molecular complexity index is 3130. The molecule has 0 aliphatic rings. The molecule has 60 heavy (non-hydrogen) atoms. The standard InChI is InChI=1S/C57H45N3/c1-34-30-36(3)51(37(4)31-34)56-58-55(59-57(60-56)52-38(5)32-35(2)33-39(52)6)50-29-28-49(43-18-10-11-19-44(43)50)54-47-22-14-12-20-45(47)53(46-21-13-15-23-48(46)54)42-26-24-41(25-27-42)40-16-8-7-9-17-40/h7-33H,1-6H3. The average Bonchev–Trinajstić information content (AvgIpc) is 3.25. The summed E-state index contributed by atoms with van der Waals surface area (Å²) in [6, 6.07) is 59.5. The fraction of sp³-hybridized carbons (Fsp3) is 0.105. The highest BCUT2D eigenvalue weighted by Gasteiger charge is 2.22.